The third-order valence-corrected chi connectivity index (χ3v) is 1.75. The van der Waals surface area contributed by atoms with Crippen molar-refractivity contribution in [3.8, 4) is 0 Å². The second-order valence-corrected chi connectivity index (χ2v) is 2.40. The Balaban J connectivity index is 2.42. The topological polar surface area (TPSA) is 29.5 Å². The normalized spacial score (nSPS) is 33.6. The lowest BCUT2D eigenvalue weighted by molar-refractivity contribution is -0.0471. The van der Waals surface area contributed by atoms with Crippen LogP contribution in [0.2, 0.25) is 0 Å². The Morgan fingerprint density at radius 3 is 2.70 bits per heavy atom. The van der Waals surface area contributed by atoms with Crippen molar-refractivity contribution in [2.24, 2.45) is 5.92 Å². The molecule has 0 aromatic rings. The van der Waals surface area contributed by atoms with Crippen LogP contribution in [0.1, 0.15) is 6.42 Å². The zero-order valence-electron chi connectivity index (χ0n) is 5.46. The highest BCUT2D eigenvalue weighted by atomic mass is 19.3. The standard InChI is InChI=1S/C6H10F2O2/c7-6(8)5-4(3-9)1-2-10-5/h4-6,9H,1-3H2/t4-,5+/m0/s1. The minimum Gasteiger partial charge on any atom is -0.396 e. The smallest absolute Gasteiger partial charge is 0.264 e. The Morgan fingerprint density at radius 2 is 2.30 bits per heavy atom. The van der Waals surface area contributed by atoms with Crippen molar-refractivity contribution in [2.75, 3.05) is 13.2 Å². The summed E-state index contributed by atoms with van der Waals surface area (Å²) in [6, 6.07) is 0. The molecule has 0 aromatic heterocycles. The summed E-state index contributed by atoms with van der Waals surface area (Å²) in [6.45, 7) is 0.148. The van der Waals surface area contributed by atoms with Crippen molar-refractivity contribution < 1.29 is 18.6 Å². The van der Waals surface area contributed by atoms with Crippen LogP contribution in [-0.4, -0.2) is 30.8 Å². The summed E-state index contributed by atoms with van der Waals surface area (Å²) in [4.78, 5) is 0. The van der Waals surface area contributed by atoms with Gasteiger partial charge in [-0.1, -0.05) is 0 Å². The molecule has 1 aliphatic heterocycles. The summed E-state index contributed by atoms with van der Waals surface area (Å²) in [7, 11) is 0. The summed E-state index contributed by atoms with van der Waals surface area (Å²) in [6.07, 6.45) is -2.95. The number of aliphatic hydroxyl groups is 1. The number of halogens is 2. The van der Waals surface area contributed by atoms with Crippen molar-refractivity contribution >= 4 is 0 Å². The van der Waals surface area contributed by atoms with Crippen LogP contribution in [0.5, 0.6) is 0 Å². The van der Waals surface area contributed by atoms with Crippen LogP contribution in [0.25, 0.3) is 0 Å². The van der Waals surface area contributed by atoms with Gasteiger partial charge in [-0.2, -0.15) is 0 Å². The van der Waals surface area contributed by atoms with Gasteiger partial charge in [-0.25, -0.2) is 8.78 Å². The van der Waals surface area contributed by atoms with Crippen LogP contribution < -0.4 is 0 Å². The molecule has 0 radical (unpaired) electrons. The Hall–Kier alpha value is -0.220. The zero-order valence-corrected chi connectivity index (χ0v) is 5.46. The van der Waals surface area contributed by atoms with Gasteiger partial charge in [-0.15, -0.1) is 0 Å². The third-order valence-electron chi connectivity index (χ3n) is 1.75. The lowest BCUT2D eigenvalue weighted by Gasteiger charge is -2.14. The molecule has 1 heterocycles. The van der Waals surface area contributed by atoms with Gasteiger partial charge in [0, 0.05) is 19.1 Å². The number of rotatable bonds is 2. The summed E-state index contributed by atoms with van der Waals surface area (Å²) in [5.74, 6) is -0.361. The highest BCUT2D eigenvalue weighted by molar-refractivity contribution is 4.77. The second kappa shape index (κ2) is 3.25. The third kappa shape index (κ3) is 1.44. The molecule has 1 fully saturated rings. The fraction of sp³-hybridized carbons (Fsp3) is 1.00. The van der Waals surface area contributed by atoms with Crippen LogP contribution in [0.3, 0.4) is 0 Å². The van der Waals surface area contributed by atoms with Gasteiger partial charge in [0.1, 0.15) is 6.10 Å². The van der Waals surface area contributed by atoms with E-state index in [1.54, 1.807) is 0 Å². The molecule has 10 heavy (non-hydrogen) atoms. The van der Waals surface area contributed by atoms with Gasteiger partial charge in [-0.3, -0.25) is 0 Å². The van der Waals surface area contributed by atoms with Crippen molar-refractivity contribution in [3.05, 3.63) is 0 Å². The summed E-state index contributed by atoms with van der Waals surface area (Å²) in [5.41, 5.74) is 0. The lowest BCUT2D eigenvalue weighted by Crippen LogP contribution is -2.26. The van der Waals surface area contributed by atoms with E-state index in [2.05, 4.69) is 0 Å². The van der Waals surface area contributed by atoms with Crippen LogP contribution >= 0.6 is 0 Å². The number of ether oxygens (including phenoxy) is 1. The maximum atomic E-state index is 11.9. The highest BCUT2D eigenvalue weighted by Gasteiger charge is 2.34. The lowest BCUT2D eigenvalue weighted by atomic mass is 10.0. The number of aliphatic hydroxyl groups excluding tert-OH is 1. The van der Waals surface area contributed by atoms with E-state index in [0.717, 1.165) is 0 Å². The Kier molecular flexibility index (Phi) is 2.56. The first kappa shape index (κ1) is 7.88. The van der Waals surface area contributed by atoms with Crippen LogP contribution in [0.15, 0.2) is 0 Å². The summed E-state index contributed by atoms with van der Waals surface area (Å²) >= 11 is 0. The van der Waals surface area contributed by atoms with Crippen LogP contribution in [0.4, 0.5) is 8.78 Å². The van der Waals surface area contributed by atoms with E-state index in [1.165, 1.54) is 0 Å². The molecule has 1 saturated heterocycles. The monoisotopic (exact) mass is 152 g/mol. The Morgan fingerprint density at radius 1 is 1.60 bits per heavy atom. The fourth-order valence-corrected chi connectivity index (χ4v) is 1.13. The van der Waals surface area contributed by atoms with Gasteiger partial charge < -0.3 is 9.84 Å². The maximum absolute atomic E-state index is 11.9. The first-order valence-corrected chi connectivity index (χ1v) is 3.26. The number of hydrogen-bond donors (Lipinski definition) is 1. The average molecular weight is 152 g/mol. The second-order valence-electron chi connectivity index (χ2n) is 2.40. The predicted molar refractivity (Wildman–Crippen MR) is 30.9 cm³/mol. The first-order valence-electron chi connectivity index (χ1n) is 3.26. The molecule has 0 spiro atoms. The van der Waals surface area contributed by atoms with Gasteiger partial charge in [0.05, 0.1) is 0 Å². The molecule has 0 aromatic carbocycles. The fourth-order valence-electron chi connectivity index (χ4n) is 1.13. The molecule has 0 aliphatic carbocycles. The Bertz CT molecular complexity index is 108. The molecule has 60 valence electrons. The van der Waals surface area contributed by atoms with Gasteiger partial charge >= 0.3 is 0 Å². The first-order chi connectivity index (χ1) is 4.75. The number of hydrogen-bond acceptors (Lipinski definition) is 2. The minimum atomic E-state index is -2.46. The molecule has 0 saturated carbocycles. The molecule has 4 heteroatoms. The minimum absolute atomic E-state index is 0.199. The molecule has 2 nitrogen and oxygen atoms in total. The van der Waals surface area contributed by atoms with E-state index in [9.17, 15) is 8.78 Å². The van der Waals surface area contributed by atoms with Gasteiger partial charge in [0.2, 0.25) is 0 Å². The van der Waals surface area contributed by atoms with E-state index in [1.807, 2.05) is 0 Å². The van der Waals surface area contributed by atoms with Gasteiger partial charge in [-0.05, 0) is 6.42 Å². The quantitative estimate of drug-likeness (QED) is 0.629. The van der Waals surface area contributed by atoms with Crippen LogP contribution in [0, 0.1) is 5.92 Å². The van der Waals surface area contributed by atoms with Crippen molar-refractivity contribution in [3.63, 3.8) is 0 Å². The van der Waals surface area contributed by atoms with E-state index in [4.69, 9.17) is 9.84 Å². The molecule has 0 amide bonds. The molecule has 0 unspecified atom stereocenters. The number of alkyl halides is 2. The Labute approximate surface area is 57.8 Å². The van der Waals surface area contributed by atoms with Gasteiger partial charge in [0.15, 0.2) is 0 Å². The van der Waals surface area contributed by atoms with Crippen molar-refractivity contribution in [1.29, 1.82) is 0 Å². The average Bonchev–Trinajstić information content (AvgIpc) is 2.33. The van der Waals surface area contributed by atoms with E-state index in [-0.39, 0.29) is 12.5 Å². The predicted octanol–water partition coefficient (Wildman–Crippen LogP) is 0.649. The van der Waals surface area contributed by atoms with Crippen molar-refractivity contribution in [1.82, 2.24) is 0 Å². The SMILES string of the molecule is OC[C@@H]1CCO[C@H]1C(F)F. The van der Waals surface area contributed by atoms with E-state index < -0.39 is 12.5 Å². The summed E-state index contributed by atoms with van der Waals surface area (Å²) < 4.78 is 28.6. The summed E-state index contributed by atoms with van der Waals surface area (Å²) in [5, 5.41) is 8.57. The van der Waals surface area contributed by atoms with E-state index in [0.29, 0.717) is 13.0 Å². The maximum Gasteiger partial charge on any atom is 0.264 e. The molecule has 1 rings (SSSR count). The molecule has 0 bridgehead atoms. The van der Waals surface area contributed by atoms with Crippen molar-refractivity contribution in [2.45, 2.75) is 19.0 Å². The highest BCUT2D eigenvalue weighted by Crippen LogP contribution is 2.24. The molecule has 1 N–H and O–H groups in total. The molecular formula is C6H10F2O2. The molecule has 2 atom stereocenters. The largest absolute Gasteiger partial charge is 0.396 e. The zero-order chi connectivity index (χ0) is 7.56. The molecule has 1 aliphatic rings. The molecular weight excluding hydrogens is 142 g/mol. The van der Waals surface area contributed by atoms with Crippen LogP contribution in [-0.2, 0) is 4.74 Å². The van der Waals surface area contributed by atoms with Gasteiger partial charge in [0.25, 0.3) is 6.43 Å². The van der Waals surface area contributed by atoms with E-state index >= 15 is 0 Å².